The number of benzene rings is 1. The average Bonchev–Trinajstić information content (AvgIpc) is 3.24. The highest BCUT2D eigenvalue weighted by atomic mass is 19.4. The lowest BCUT2D eigenvalue weighted by molar-refractivity contribution is -0.148. The largest absolute Gasteiger partial charge is 0.417 e. The van der Waals surface area contributed by atoms with Crippen LogP contribution in [0, 0.1) is 0 Å². The summed E-state index contributed by atoms with van der Waals surface area (Å²) in [7, 11) is 1.79. The summed E-state index contributed by atoms with van der Waals surface area (Å²) < 4.78 is 46.4. The van der Waals surface area contributed by atoms with Gasteiger partial charge in [0.05, 0.1) is 59.2 Å². The van der Waals surface area contributed by atoms with Crippen molar-refractivity contribution >= 4 is 33.5 Å². The Labute approximate surface area is 210 Å². The van der Waals surface area contributed by atoms with Crippen molar-refractivity contribution in [3.05, 3.63) is 59.5 Å². The van der Waals surface area contributed by atoms with E-state index in [0.29, 0.717) is 53.1 Å². The second kappa shape index (κ2) is 8.96. The molecule has 194 valence electrons. The second-order valence-electron chi connectivity index (χ2n) is 9.65. The van der Waals surface area contributed by atoms with Crippen molar-refractivity contribution in [2.45, 2.75) is 32.1 Å². The summed E-state index contributed by atoms with van der Waals surface area (Å²) in [4.78, 5) is 22.4. The Bertz CT molecular complexity index is 1480. The number of nitrogen functional groups attached to an aromatic ring is 1. The summed E-state index contributed by atoms with van der Waals surface area (Å²) in [6, 6.07) is 7.41. The molecule has 1 aliphatic heterocycles. The number of ether oxygens (including phenoxy) is 1. The number of halogens is 3. The van der Waals surface area contributed by atoms with Gasteiger partial charge in [-0.15, -0.1) is 0 Å². The number of nitrogens with zero attached hydrogens (tertiary/aromatic N) is 6. The number of carbonyl (C=O) groups excluding carboxylic acids is 1. The molecule has 3 aromatic heterocycles. The summed E-state index contributed by atoms with van der Waals surface area (Å²) in [5.41, 5.74) is 6.79. The van der Waals surface area contributed by atoms with Crippen LogP contribution >= 0.6 is 0 Å². The number of pyridine rings is 2. The minimum absolute atomic E-state index is 0.0143. The zero-order chi connectivity index (χ0) is 26.5. The first-order chi connectivity index (χ1) is 17.5. The van der Waals surface area contributed by atoms with E-state index in [1.54, 1.807) is 36.1 Å². The van der Waals surface area contributed by atoms with Gasteiger partial charge in [0.1, 0.15) is 5.82 Å². The number of aromatic nitrogens is 4. The van der Waals surface area contributed by atoms with E-state index in [9.17, 15) is 18.0 Å². The Morgan fingerprint density at radius 2 is 1.97 bits per heavy atom. The maximum atomic E-state index is 14.0. The van der Waals surface area contributed by atoms with Crippen molar-refractivity contribution in [2.24, 2.45) is 7.05 Å². The van der Waals surface area contributed by atoms with E-state index >= 15 is 0 Å². The number of rotatable bonds is 4. The molecule has 1 aliphatic rings. The van der Waals surface area contributed by atoms with Crippen LogP contribution in [0.25, 0.3) is 21.8 Å². The van der Waals surface area contributed by atoms with Gasteiger partial charge in [0.25, 0.3) is 5.91 Å². The second-order valence-corrected chi connectivity index (χ2v) is 9.65. The molecule has 4 aromatic rings. The van der Waals surface area contributed by atoms with Gasteiger partial charge >= 0.3 is 6.18 Å². The van der Waals surface area contributed by atoms with Crippen LogP contribution in [0.3, 0.4) is 0 Å². The smallest absolute Gasteiger partial charge is 0.383 e. The zero-order valence-electron chi connectivity index (χ0n) is 20.6. The monoisotopic (exact) mass is 513 g/mol. The highest BCUT2D eigenvalue weighted by molar-refractivity contribution is 6.10. The van der Waals surface area contributed by atoms with Crippen LogP contribution in [0.4, 0.5) is 19.0 Å². The Morgan fingerprint density at radius 1 is 1.19 bits per heavy atom. The number of nitrogens with two attached hydrogens (primary N) is 1. The Hall–Kier alpha value is -3.77. The van der Waals surface area contributed by atoms with Crippen molar-refractivity contribution in [2.75, 3.05) is 25.5 Å². The van der Waals surface area contributed by atoms with Gasteiger partial charge in [-0.25, -0.2) is 9.99 Å². The number of hydrazine groups is 1. The van der Waals surface area contributed by atoms with Crippen LogP contribution in [0.1, 0.15) is 35.5 Å². The molecule has 0 bridgehead atoms. The van der Waals surface area contributed by atoms with Crippen molar-refractivity contribution in [1.29, 1.82) is 0 Å². The Balaban J connectivity index is 1.57. The van der Waals surface area contributed by atoms with Crippen molar-refractivity contribution in [3.8, 4) is 0 Å². The maximum Gasteiger partial charge on any atom is 0.417 e. The molecule has 0 unspecified atom stereocenters. The number of anilines is 1. The van der Waals surface area contributed by atoms with Crippen LogP contribution in [-0.4, -0.2) is 61.0 Å². The lowest BCUT2D eigenvalue weighted by Gasteiger charge is -2.47. The molecule has 4 heterocycles. The molecule has 0 spiro atoms. The van der Waals surface area contributed by atoms with Crippen LogP contribution < -0.4 is 5.73 Å². The third-order valence-corrected chi connectivity index (χ3v) is 6.55. The molecule has 0 aliphatic carbocycles. The minimum atomic E-state index is -4.49. The Kier molecular flexibility index (Phi) is 6.03. The molecule has 5 rings (SSSR count). The highest BCUT2D eigenvalue weighted by Crippen LogP contribution is 2.31. The maximum absolute atomic E-state index is 14.0. The number of hydrogen-bond acceptors (Lipinski definition) is 7. The summed E-state index contributed by atoms with van der Waals surface area (Å²) >= 11 is 0. The standard InChI is InChI=1S/C25H26F3N7O2/c1-24(2)14-37-9-8-35(24)34(13-17-6-5-16(11-30-17)25(26,27)28)23(36)15-4-7-20-18(10-15)21-19(22(29)32-20)12-31-33(21)3/h4-7,10-12H,8-9,13-14H2,1-3H3,(H2,29,32). The van der Waals surface area contributed by atoms with E-state index in [4.69, 9.17) is 10.5 Å². The normalized spacial score (nSPS) is 16.4. The van der Waals surface area contributed by atoms with Crippen LogP contribution in [0.5, 0.6) is 0 Å². The molecule has 0 radical (unpaired) electrons. The van der Waals surface area contributed by atoms with Crippen LogP contribution in [0.2, 0.25) is 0 Å². The van der Waals surface area contributed by atoms with Crippen LogP contribution in [0.15, 0.2) is 42.7 Å². The van der Waals surface area contributed by atoms with E-state index in [2.05, 4.69) is 15.1 Å². The molecule has 12 heteroatoms. The first kappa shape index (κ1) is 24.9. The van der Waals surface area contributed by atoms with Gasteiger partial charge in [0, 0.05) is 30.7 Å². The minimum Gasteiger partial charge on any atom is -0.383 e. The summed E-state index contributed by atoms with van der Waals surface area (Å²) in [6.45, 7) is 5.09. The third-order valence-electron chi connectivity index (χ3n) is 6.55. The topological polar surface area (TPSA) is 102 Å². The van der Waals surface area contributed by atoms with Gasteiger partial charge in [-0.2, -0.15) is 18.3 Å². The number of morpholine rings is 1. The molecule has 0 atom stereocenters. The molecular formula is C25H26F3N7O2. The predicted octanol–water partition coefficient (Wildman–Crippen LogP) is 3.79. The number of carbonyl (C=O) groups is 1. The van der Waals surface area contributed by atoms with Gasteiger partial charge in [-0.05, 0) is 44.2 Å². The summed E-state index contributed by atoms with van der Waals surface area (Å²) in [5, 5.41) is 9.10. The van der Waals surface area contributed by atoms with Crippen molar-refractivity contribution in [1.82, 2.24) is 29.8 Å². The lowest BCUT2D eigenvalue weighted by atomic mass is 10.0. The molecule has 2 N–H and O–H groups in total. The zero-order valence-corrected chi connectivity index (χ0v) is 20.6. The van der Waals surface area contributed by atoms with Gasteiger partial charge < -0.3 is 10.5 Å². The van der Waals surface area contributed by atoms with Crippen molar-refractivity contribution < 1.29 is 22.7 Å². The van der Waals surface area contributed by atoms with E-state index in [1.165, 1.54) is 11.1 Å². The molecule has 9 nitrogen and oxygen atoms in total. The summed E-state index contributed by atoms with van der Waals surface area (Å²) in [5.74, 6) is 0.0189. The number of alkyl halides is 3. The predicted molar refractivity (Wildman–Crippen MR) is 131 cm³/mol. The molecular weight excluding hydrogens is 487 g/mol. The first-order valence-corrected chi connectivity index (χ1v) is 11.7. The molecule has 37 heavy (non-hydrogen) atoms. The number of aryl methyl sites for hydroxylation is 1. The molecule has 1 aromatic carbocycles. The molecule has 0 saturated carbocycles. The Morgan fingerprint density at radius 3 is 2.65 bits per heavy atom. The number of hydrogen-bond donors (Lipinski definition) is 1. The fraction of sp³-hybridized carbons (Fsp3) is 0.360. The summed E-state index contributed by atoms with van der Waals surface area (Å²) in [6.07, 6.45) is -2.08. The number of fused-ring (bicyclic) bond motifs is 3. The average molecular weight is 514 g/mol. The van der Waals surface area contributed by atoms with Crippen molar-refractivity contribution in [3.63, 3.8) is 0 Å². The molecule has 1 amide bonds. The fourth-order valence-electron chi connectivity index (χ4n) is 4.64. The van der Waals surface area contributed by atoms with Gasteiger partial charge in [-0.3, -0.25) is 19.5 Å². The van der Waals surface area contributed by atoms with Gasteiger partial charge in [0.2, 0.25) is 0 Å². The molecule has 1 saturated heterocycles. The van der Waals surface area contributed by atoms with E-state index in [-0.39, 0.29) is 12.5 Å². The fourth-order valence-corrected chi connectivity index (χ4v) is 4.64. The third kappa shape index (κ3) is 4.58. The number of amides is 1. The quantitative estimate of drug-likeness (QED) is 0.443. The SMILES string of the molecule is Cn1ncc2c(N)nc3ccc(C(=O)N(Cc4ccc(C(F)(F)F)cn4)N4CCOCC4(C)C)cc3c21. The van der Waals surface area contributed by atoms with Gasteiger partial charge in [-0.1, -0.05) is 0 Å². The lowest BCUT2D eigenvalue weighted by Crippen LogP contribution is -2.61. The van der Waals surface area contributed by atoms with Gasteiger partial charge in [0.15, 0.2) is 0 Å². The van der Waals surface area contributed by atoms with E-state index in [1.807, 2.05) is 18.9 Å². The molecule has 1 fully saturated rings. The van der Waals surface area contributed by atoms with E-state index in [0.717, 1.165) is 17.8 Å². The van der Waals surface area contributed by atoms with Crippen LogP contribution in [-0.2, 0) is 24.5 Å². The highest BCUT2D eigenvalue weighted by Gasteiger charge is 2.38. The first-order valence-electron chi connectivity index (χ1n) is 11.7. The van der Waals surface area contributed by atoms with E-state index < -0.39 is 17.3 Å².